The molecule has 0 aliphatic heterocycles. The topological polar surface area (TPSA) is 55.1 Å². The van der Waals surface area contributed by atoms with Gasteiger partial charge in [0.05, 0.1) is 5.69 Å². The highest BCUT2D eigenvalue weighted by molar-refractivity contribution is 6.04. The number of rotatable bonds is 6. The molecule has 0 bridgehead atoms. The highest BCUT2D eigenvalue weighted by Crippen LogP contribution is 2.39. The van der Waals surface area contributed by atoms with Crippen molar-refractivity contribution in [3.8, 4) is 33.5 Å². The van der Waals surface area contributed by atoms with E-state index in [1.165, 1.54) is 10.8 Å². The Hall–Kier alpha value is -7.63. The van der Waals surface area contributed by atoms with Crippen LogP contribution in [0.15, 0.2) is 199 Å². The lowest BCUT2D eigenvalue weighted by Crippen LogP contribution is -2.09. The van der Waals surface area contributed by atoms with E-state index >= 15 is 0 Å². The average molecular weight is 717 g/mol. The molecule has 0 saturated heterocycles. The van der Waals surface area contributed by atoms with Crippen LogP contribution >= 0.6 is 0 Å². The van der Waals surface area contributed by atoms with Crippen molar-refractivity contribution >= 4 is 71.4 Å². The molecule has 56 heavy (non-hydrogen) atoms. The van der Waals surface area contributed by atoms with Crippen molar-refractivity contribution < 1.29 is 4.42 Å². The normalized spacial score (nSPS) is 11.6. The number of pyridine rings is 3. The monoisotopic (exact) mass is 716 g/mol. The number of benzene rings is 7. The Kier molecular flexibility index (Phi) is 7.42. The first-order valence-corrected chi connectivity index (χ1v) is 18.7. The van der Waals surface area contributed by atoms with Crippen molar-refractivity contribution in [2.24, 2.45) is 0 Å². The molecule has 0 saturated carbocycles. The number of fused-ring (bicyclic) bond motifs is 6. The number of aromatic nitrogens is 3. The molecule has 0 amide bonds. The van der Waals surface area contributed by atoms with Gasteiger partial charge < -0.3 is 9.32 Å². The van der Waals surface area contributed by atoms with Crippen molar-refractivity contribution in [2.45, 2.75) is 0 Å². The molecule has 0 spiro atoms. The van der Waals surface area contributed by atoms with Gasteiger partial charge in [-0.25, -0.2) is 4.98 Å². The molecule has 0 radical (unpaired) electrons. The number of para-hydroxylation sites is 1. The van der Waals surface area contributed by atoms with Crippen LogP contribution in [-0.2, 0) is 0 Å². The fourth-order valence-electron chi connectivity index (χ4n) is 7.88. The molecule has 4 aromatic heterocycles. The summed E-state index contributed by atoms with van der Waals surface area (Å²) in [4.78, 5) is 15.9. The minimum absolute atomic E-state index is 0.655. The van der Waals surface area contributed by atoms with E-state index in [1.807, 2.05) is 55.1 Å². The van der Waals surface area contributed by atoms with Crippen molar-refractivity contribution in [3.63, 3.8) is 0 Å². The van der Waals surface area contributed by atoms with Gasteiger partial charge in [0.2, 0.25) is 5.71 Å². The van der Waals surface area contributed by atoms with Crippen molar-refractivity contribution in [1.82, 2.24) is 15.0 Å². The standard InChI is InChI=1S/C51H32N4O/c1-2-4-50-47(3-1)48-21-22-49(54-51(48)56-50)41-10-9-40-30-46(20-15-39(40)27-41)55(44-16-11-33(12-17-44)37-7-5-35-23-25-52-31-42(35)28-37)45-18-13-34(14-19-45)38-8-6-36-24-26-53-32-43(36)29-38/h1-32H. The Balaban J connectivity index is 0.969. The summed E-state index contributed by atoms with van der Waals surface area (Å²) < 4.78 is 6.11. The second-order valence-electron chi connectivity index (χ2n) is 14.2. The summed E-state index contributed by atoms with van der Waals surface area (Å²) >= 11 is 0. The maximum Gasteiger partial charge on any atom is 0.227 e. The van der Waals surface area contributed by atoms with Gasteiger partial charge in [0, 0.05) is 69.0 Å². The van der Waals surface area contributed by atoms with E-state index in [0.29, 0.717) is 5.71 Å². The molecule has 11 rings (SSSR count). The van der Waals surface area contributed by atoms with Crippen LogP contribution in [0, 0.1) is 0 Å². The summed E-state index contributed by atoms with van der Waals surface area (Å²) in [6.45, 7) is 0. The Morgan fingerprint density at radius 2 is 0.911 bits per heavy atom. The molecule has 0 aliphatic carbocycles. The van der Waals surface area contributed by atoms with E-state index in [2.05, 4.69) is 154 Å². The predicted molar refractivity (Wildman–Crippen MR) is 231 cm³/mol. The SMILES string of the molecule is c1ccc2c(c1)oc1nc(-c3ccc4cc(N(c5ccc(-c6ccc7ccncc7c6)cc5)c5ccc(-c6ccc7ccncc7c6)cc5)ccc4c3)ccc12. The van der Waals surface area contributed by atoms with E-state index < -0.39 is 0 Å². The van der Waals surface area contributed by atoms with E-state index in [-0.39, 0.29) is 0 Å². The second-order valence-corrected chi connectivity index (χ2v) is 14.2. The number of hydrogen-bond donors (Lipinski definition) is 0. The highest BCUT2D eigenvalue weighted by Gasteiger charge is 2.16. The van der Waals surface area contributed by atoms with Crippen LogP contribution in [0.5, 0.6) is 0 Å². The molecule has 0 fully saturated rings. The lowest BCUT2D eigenvalue weighted by atomic mass is 10.0. The largest absolute Gasteiger partial charge is 0.438 e. The molecule has 11 aromatic rings. The molecular formula is C51H32N4O. The molecule has 4 heterocycles. The zero-order chi connectivity index (χ0) is 37.0. The Morgan fingerprint density at radius 1 is 0.375 bits per heavy atom. The molecule has 5 nitrogen and oxygen atoms in total. The maximum absolute atomic E-state index is 6.11. The molecule has 0 aliphatic rings. The van der Waals surface area contributed by atoms with E-state index in [9.17, 15) is 0 Å². The van der Waals surface area contributed by atoms with Crippen LogP contribution in [0.3, 0.4) is 0 Å². The number of anilines is 3. The molecule has 262 valence electrons. The summed E-state index contributed by atoms with van der Waals surface area (Å²) in [5, 5.41) is 9.01. The van der Waals surface area contributed by atoms with E-state index in [0.717, 1.165) is 88.5 Å². The van der Waals surface area contributed by atoms with Gasteiger partial charge in [0.15, 0.2) is 0 Å². The van der Waals surface area contributed by atoms with Crippen molar-refractivity contribution in [3.05, 3.63) is 195 Å². The number of hydrogen-bond acceptors (Lipinski definition) is 5. The predicted octanol–water partition coefficient (Wildman–Crippen LogP) is 13.7. The number of nitrogens with zero attached hydrogens (tertiary/aromatic N) is 4. The van der Waals surface area contributed by atoms with Crippen LogP contribution in [-0.4, -0.2) is 15.0 Å². The van der Waals surface area contributed by atoms with Crippen molar-refractivity contribution in [2.75, 3.05) is 4.90 Å². The lowest BCUT2D eigenvalue weighted by molar-refractivity contribution is 0.654. The van der Waals surface area contributed by atoms with Gasteiger partial charge in [-0.1, -0.05) is 84.9 Å². The van der Waals surface area contributed by atoms with Crippen LogP contribution in [0.1, 0.15) is 0 Å². The second kappa shape index (κ2) is 13.0. The quantitative estimate of drug-likeness (QED) is 0.171. The Morgan fingerprint density at radius 3 is 1.59 bits per heavy atom. The summed E-state index contributed by atoms with van der Waals surface area (Å²) in [5.74, 6) is 0. The van der Waals surface area contributed by atoms with E-state index in [4.69, 9.17) is 9.40 Å². The van der Waals surface area contributed by atoms with Crippen LogP contribution < -0.4 is 4.90 Å². The summed E-state index contributed by atoms with van der Waals surface area (Å²) in [5.41, 5.74) is 11.3. The summed E-state index contributed by atoms with van der Waals surface area (Å²) in [6, 6.07) is 60.3. The molecule has 7 aromatic carbocycles. The molecule has 0 N–H and O–H groups in total. The summed E-state index contributed by atoms with van der Waals surface area (Å²) in [6.07, 6.45) is 7.52. The first-order chi connectivity index (χ1) is 27.7. The number of furan rings is 1. The zero-order valence-corrected chi connectivity index (χ0v) is 30.2. The van der Waals surface area contributed by atoms with Gasteiger partial charge in [-0.05, 0) is 129 Å². The Labute approximate surface area is 322 Å². The third-order valence-corrected chi connectivity index (χ3v) is 10.8. The van der Waals surface area contributed by atoms with Crippen LogP contribution in [0.25, 0.3) is 87.9 Å². The average Bonchev–Trinajstić information content (AvgIpc) is 3.64. The van der Waals surface area contributed by atoms with E-state index in [1.54, 1.807) is 0 Å². The van der Waals surface area contributed by atoms with Gasteiger partial charge in [-0.2, -0.15) is 0 Å². The fourth-order valence-corrected chi connectivity index (χ4v) is 7.88. The molecule has 5 heteroatoms. The van der Waals surface area contributed by atoms with Gasteiger partial charge in [-0.3, -0.25) is 9.97 Å². The van der Waals surface area contributed by atoms with Crippen LogP contribution in [0.2, 0.25) is 0 Å². The highest BCUT2D eigenvalue weighted by atomic mass is 16.3. The summed E-state index contributed by atoms with van der Waals surface area (Å²) in [7, 11) is 0. The third-order valence-electron chi connectivity index (χ3n) is 10.8. The first kappa shape index (κ1) is 31.9. The first-order valence-electron chi connectivity index (χ1n) is 18.7. The van der Waals surface area contributed by atoms with Crippen LogP contribution in [0.4, 0.5) is 17.1 Å². The fraction of sp³-hybridized carbons (Fsp3) is 0. The van der Waals surface area contributed by atoms with Crippen molar-refractivity contribution in [1.29, 1.82) is 0 Å². The lowest BCUT2D eigenvalue weighted by Gasteiger charge is -2.26. The minimum Gasteiger partial charge on any atom is -0.438 e. The maximum atomic E-state index is 6.11. The molecule has 0 atom stereocenters. The van der Waals surface area contributed by atoms with Gasteiger partial charge in [0.25, 0.3) is 0 Å². The zero-order valence-electron chi connectivity index (χ0n) is 30.2. The minimum atomic E-state index is 0.655. The van der Waals surface area contributed by atoms with Gasteiger partial charge in [-0.15, -0.1) is 0 Å². The molecular weight excluding hydrogens is 685 g/mol. The molecule has 0 unspecified atom stereocenters. The Bertz CT molecular complexity index is 3140. The van der Waals surface area contributed by atoms with Gasteiger partial charge in [0.1, 0.15) is 5.58 Å². The van der Waals surface area contributed by atoms with Gasteiger partial charge >= 0.3 is 0 Å². The smallest absolute Gasteiger partial charge is 0.227 e. The third kappa shape index (κ3) is 5.62.